The molecule has 0 aliphatic carbocycles. The average Bonchev–Trinajstić information content (AvgIpc) is 2.51. The van der Waals surface area contributed by atoms with Crippen molar-refractivity contribution in [3.05, 3.63) is 35.0 Å². The summed E-state index contributed by atoms with van der Waals surface area (Å²) >= 11 is 0. The zero-order chi connectivity index (χ0) is 14.8. The average molecular weight is 286 g/mol. The third-order valence-corrected chi connectivity index (χ3v) is 3.71. The van der Waals surface area contributed by atoms with E-state index in [1.54, 1.807) is 23.9 Å². The SMILES string of the molecule is CC1CNCCN1c1nc(-c2ccncn2)cc(=O)n1C. The van der Waals surface area contributed by atoms with Crippen LogP contribution in [0.5, 0.6) is 0 Å². The molecule has 1 aliphatic rings. The van der Waals surface area contributed by atoms with Crippen molar-refractivity contribution in [3.8, 4) is 11.4 Å². The molecule has 3 heterocycles. The summed E-state index contributed by atoms with van der Waals surface area (Å²) in [6.07, 6.45) is 3.11. The number of hydrogen-bond donors (Lipinski definition) is 1. The Kier molecular flexibility index (Phi) is 3.66. The Morgan fingerprint density at radius 2 is 2.24 bits per heavy atom. The van der Waals surface area contributed by atoms with Gasteiger partial charge in [0.15, 0.2) is 0 Å². The van der Waals surface area contributed by atoms with Crippen LogP contribution in [0.1, 0.15) is 6.92 Å². The summed E-state index contributed by atoms with van der Waals surface area (Å²) in [5.74, 6) is 0.685. The standard InChI is InChI=1S/C14H18N6O/c1-10-8-15-5-6-20(10)14-18-12(7-13(21)19(14)2)11-3-4-16-9-17-11/h3-4,7,9-10,15H,5-6,8H2,1-2H3. The van der Waals surface area contributed by atoms with Gasteiger partial charge in [0.25, 0.3) is 5.56 Å². The van der Waals surface area contributed by atoms with Crippen LogP contribution in [0.4, 0.5) is 5.95 Å². The van der Waals surface area contributed by atoms with Gasteiger partial charge in [0.05, 0.1) is 11.4 Å². The van der Waals surface area contributed by atoms with Crippen LogP contribution in [0.2, 0.25) is 0 Å². The summed E-state index contributed by atoms with van der Waals surface area (Å²) in [5.41, 5.74) is 1.16. The van der Waals surface area contributed by atoms with Crippen molar-refractivity contribution in [2.24, 2.45) is 7.05 Å². The van der Waals surface area contributed by atoms with Crippen LogP contribution in [0.15, 0.2) is 29.5 Å². The predicted molar refractivity (Wildman–Crippen MR) is 80.2 cm³/mol. The van der Waals surface area contributed by atoms with Gasteiger partial charge in [-0.25, -0.2) is 15.0 Å². The highest BCUT2D eigenvalue weighted by Crippen LogP contribution is 2.18. The van der Waals surface area contributed by atoms with E-state index in [2.05, 4.69) is 32.1 Å². The van der Waals surface area contributed by atoms with Crippen LogP contribution in [-0.2, 0) is 7.05 Å². The van der Waals surface area contributed by atoms with Crippen molar-refractivity contribution in [3.63, 3.8) is 0 Å². The highest BCUT2D eigenvalue weighted by molar-refractivity contribution is 5.55. The van der Waals surface area contributed by atoms with Crippen molar-refractivity contribution in [2.75, 3.05) is 24.5 Å². The Bertz CT molecular complexity index is 684. The molecule has 0 aromatic carbocycles. The predicted octanol–water partition coefficient (Wildman–Crippen LogP) is 0.0354. The second kappa shape index (κ2) is 5.61. The summed E-state index contributed by atoms with van der Waals surface area (Å²) in [4.78, 5) is 27.1. The maximum atomic E-state index is 12.2. The van der Waals surface area contributed by atoms with Crippen LogP contribution >= 0.6 is 0 Å². The molecule has 7 nitrogen and oxygen atoms in total. The van der Waals surface area contributed by atoms with Gasteiger partial charge >= 0.3 is 0 Å². The Hall–Kier alpha value is -2.28. The first-order chi connectivity index (χ1) is 10.2. The zero-order valence-corrected chi connectivity index (χ0v) is 12.2. The molecule has 1 N–H and O–H groups in total. The Labute approximate surface area is 122 Å². The van der Waals surface area contributed by atoms with Crippen LogP contribution in [0, 0.1) is 0 Å². The molecule has 3 rings (SSSR count). The molecule has 1 unspecified atom stereocenters. The topological polar surface area (TPSA) is 75.9 Å². The maximum absolute atomic E-state index is 12.2. The summed E-state index contributed by atoms with van der Waals surface area (Å²) in [6.45, 7) is 4.72. The van der Waals surface area contributed by atoms with Gasteiger partial charge in [0.1, 0.15) is 6.33 Å². The van der Waals surface area contributed by atoms with Crippen LogP contribution < -0.4 is 15.8 Å². The molecule has 2 aromatic heterocycles. The molecule has 0 saturated carbocycles. The van der Waals surface area contributed by atoms with Crippen LogP contribution in [-0.4, -0.2) is 45.2 Å². The highest BCUT2D eigenvalue weighted by Gasteiger charge is 2.22. The first kappa shape index (κ1) is 13.7. The summed E-state index contributed by atoms with van der Waals surface area (Å²) < 4.78 is 1.59. The molecule has 0 spiro atoms. The Morgan fingerprint density at radius 1 is 1.38 bits per heavy atom. The second-order valence-electron chi connectivity index (χ2n) is 5.18. The minimum absolute atomic E-state index is 0.0839. The largest absolute Gasteiger partial charge is 0.337 e. The maximum Gasteiger partial charge on any atom is 0.255 e. The summed E-state index contributed by atoms with van der Waals surface area (Å²) in [7, 11) is 1.75. The van der Waals surface area contributed by atoms with E-state index in [1.807, 2.05) is 0 Å². The number of hydrogen-bond acceptors (Lipinski definition) is 6. The van der Waals surface area contributed by atoms with Gasteiger partial charge < -0.3 is 10.2 Å². The molecule has 0 amide bonds. The first-order valence-corrected chi connectivity index (χ1v) is 6.98. The van der Waals surface area contributed by atoms with Crippen molar-refractivity contribution >= 4 is 5.95 Å². The monoisotopic (exact) mass is 286 g/mol. The highest BCUT2D eigenvalue weighted by atomic mass is 16.1. The number of aromatic nitrogens is 4. The molecule has 21 heavy (non-hydrogen) atoms. The fourth-order valence-electron chi connectivity index (χ4n) is 2.50. The molecule has 1 fully saturated rings. The van der Waals surface area contributed by atoms with Gasteiger partial charge in [-0.1, -0.05) is 0 Å². The lowest BCUT2D eigenvalue weighted by Gasteiger charge is -2.35. The smallest absolute Gasteiger partial charge is 0.255 e. The van der Waals surface area contributed by atoms with E-state index >= 15 is 0 Å². The molecular weight excluding hydrogens is 268 g/mol. The van der Waals surface area contributed by atoms with Gasteiger partial charge in [0.2, 0.25) is 5.95 Å². The molecule has 0 bridgehead atoms. The van der Waals surface area contributed by atoms with E-state index in [-0.39, 0.29) is 11.6 Å². The third kappa shape index (κ3) is 2.64. The van der Waals surface area contributed by atoms with Crippen LogP contribution in [0.3, 0.4) is 0 Å². The molecule has 2 aromatic rings. The van der Waals surface area contributed by atoms with Gasteiger partial charge in [0, 0.05) is 45.0 Å². The van der Waals surface area contributed by atoms with E-state index < -0.39 is 0 Å². The van der Waals surface area contributed by atoms with Crippen molar-refractivity contribution in [2.45, 2.75) is 13.0 Å². The van der Waals surface area contributed by atoms with E-state index in [4.69, 9.17) is 0 Å². The minimum Gasteiger partial charge on any atom is -0.337 e. The Morgan fingerprint density at radius 3 is 2.95 bits per heavy atom. The zero-order valence-electron chi connectivity index (χ0n) is 12.2. The fourth-order valence-corrected chi connectivity index (χ4v) is 2.50. The quantitative estimate of drug-likeness (QED) is 0.840. The normalized spacial score (nSPS) is 18.8. The molecule has 7 heteroatoms. The number of nitrogens with one attached hydrogen (secondary N) is 1. The molecule has 110 valence electrons. The third-order valence-electron chi connectivity index (χ3n) is 3.71. The van der Waals surface area contributed by atoms with E-state index in [0.29, 0.717) is 17.3 Å². The van der Waals surface area contributed by atoms with Crippen molar-refractivity contribution in [1.82, 2.24) is 24.8 Å². The molecule has 1 saturated heterocycles. The van der Waals surface area contributed by atoms with Crippen molar-refractivity contribution in [1.29, 1.82) is 0 Å². The first-order valence-electron chi connectivity index (χ1n) is 6.98. The molecule has 1 aliphatic heterocycles. The van der Waals surface area contributed by atoms with E-state index in [1.165, 1.54) is 12.4 Å². The fraction of sp³-hybridized carbons (Fsp3) is 0.429. The summed E-state index contributed by atoms with van der Waals surface area (Å²) in [5, 5.41) is 3.34. The number of rotatable bonds is 2. The lowest BCUT2D eigenvalue weighted by molar-refractivity contribution is 0.485. The van der Waals surface area contributed by atoms with Gasteiger partial charge in [-0.05, 0) is 13.0 Å². The number of nitrogens with zero attached hydrogens (tertiary/aromatic N) is 5. The lowest BCUT2D eigenvalue weighted by Crippen LogP contribution is -2.51. The van der Waals surface area contributed by atoms with Gasteiger partial charge in [-0.3, -0.25) is 9.36 Å². The Balaban J connectivity index is 2.08. The van der Waals surface area contributed by atoms with Gasteiger partial charge in [-0.2, -0.15) is 0 Å². The van der Waals surface area contributed by atoms with E-state index in [9.17, 15) is 4.79 Å². The van der Waals surface area contributed by atoms with E-state index in [0.717, 1.165) is 19.6 Å². The lowest BCUT2D eigenvalue weighted by atomic mass is 10.2. The molecule has 1 atom stereocenters. The number of piperazine rings is 1. The minimum atomic E-state index is -0.0839. The van der Waals surface area contributed by atoms with Crippen molar-refractivity contribution < 1.29 is 0 Å². The molecular formula is C14H18N6O. The second-order valence-corrected chi connectivity index (χ2v) is 5.18. The van der Waals surface area contributed by atoms with Crippen LogP contribution in [0.25, 0.3) is 11.4 Å². The van der Waals surface area contributed by atoms with Gasteiger partial charge in [-0.15, -0.1) is 0 Å². The number of anilines is 1. The summed E-state index contributed by atoms with van der Waals surface area (Å²) in [6, 6.07) is 3.56. The molecule has 0 radical (unpaired) electrons.